The van der Waals surface area contributed by atoms with Gasteiger partial charge in [0.15, 0.2) is 0 Å². The summed E-state index contributed by atoms with van der Waals surface area (Å²) in [6, 6.07) is 17.2. The van der Waals surface area contributed by atoms with E-state index in [9.17, 15) is 24.2 Å². The molecule has 0 saturated carbocycles. The third-order valence-electron chi connectivity index (χ3n) is 3.76. The van der Waals surface area contributed by atoms with Crippen molar-refractivity contribution in [1.29, 1.82) is 0 Å². The molecule has 0 radical (unpaired) electrons. The summed E-state index contributed by atoms with van der Waals surface area (Å²) in [6.45, 7) is 0. The number of carboxylic acids is 1. The van der Waals surface area contributed by atoms with Crippen LogP contribution in [0.1, 0.15) is 20.7 Å². The standard InChI is InChI=1S/C20H14FNO4/c21-14-6-11-18(17(12-14)20(25)26)22(15-7-9-16(23)10-8-15)19(24)13-4-2-1-3-5-13/h1-12,23H,(H,25,26). The van der Waals surface area contributed by atoms with Crippen LogP contribution in [0.25, 0.3) is 0 Å². The van der Waals surface area contributed by atoms with E-state index in [1.807, 2.05) is 0 Å². The van der Waals surface area contributed by atoms with Crippen LogP contribution in [-0.4, -0.2) is 22.1 Å². The molecule has 26 heavy (non-hydrogen) atoms. The Morgan fingerprint density at radius 2 is 1.54 bits per heavy atom. The molecule has 2 N–H and O–H groups in total. The van der Waals surface area contributed by atoms with Crippen LogP contribution in [0.4, 0.5) is 15.8 Å². The Morgan fingerprint density at radius 3 is 2.15 bits per heavy atom. The molecule has 0 atom stereocenters. The van der Waals surface area contributed by atoms with Gasteiger partial charge in [-0.1, -0.05) is 18.2 Å². The highest BCUT2D eigenvalue weighted by atomic mass is 19.1. The molecule has 0 aliphatic rings. The predicted molar refractivity (Wildman–Crippen MR) is 94.4 cm³/mol. The fourth-order valence-corrected chi connectivity index (χ4v) is 2.55. The van der Waals surface area contributed by atoms with E-state index in [1.54, 1.807) is 30.3 Å². The number of carbonyl (C=O) groups is 2. The molecule has 0 bridgehead atoms. The first-order valence-corrected chi connectivity index (χ1v) is 7.69. The molecule has 3 rings (SSSR count). The van der Waals surface area contributed by atoms with Crippen molar-refractivity contribution in [1.82, 2.24) is 0 Å². The fraction of sp³-hybridized carbons (Fsp3) is 0. The Kier molecular flexibility index (Phi) is 4.66. The predicted octanol–water partition coefficient (Wildman–Crippen LogP) is 4.21. The summed E-state index contributed by atoms with van der Waals surface area (Å²) in [5.41, 5.74) is 0.354. The molecule has 6 heteroatoms. The zero-order valence-electron chi connectivity index (χ0n) is 13.5. The van der Waals surface area contributed by atoms with E-state index < -0.39 is 17.7 Å². The number of aromatic carboxylic acids is 1. The first-order valence-electron chi connectivity index (χ1n) is 7.69. The van der Waals surface area contributed by atoms with E-state index in [1.165, 1.54) is 35.2 Å². The van der Waals surface area contributed by atoms with Crippen molar-refractivity contribution in [3.8, 4) is 5.75 Å². The maximum absolute atomic E-state index is 13.6. The monoisotopic (exact) mass is 351 g/mol. The lowest BCUT2D eigenvalue weighted by atomic mass is 10.1. The molecular formula is C20H14FNO4. The summed E-state index contributed by atoms with van der Waals surface area (Å²) in [5.74, 6) is -2.56. The largest absolute Gasteiger partial charge is 0.508 e. The summed E-state index contributed by atoms with van der Waals surface area (Å²) < 4.78 is 13.6. The molecule has 130 valence electrons. The quantitative estimate of drug-likeness (QED) is 0.738. The van der Waals surface area contributed by atoms with Crippen LogP contribution in [0.3, 0.4) is 0 Å². The molecule has 0 saturated heterocycles. The van der Waals surface area contributed by atoms with Crippen LogP contribution in [0, 0.1) is 5.82 Å². The van der Waals surface area contributed by atoms with Gasteiger partial charge in [0.25, 0.3) is 5.91 Å². The van der Waals surface area contributed by atoms with Crippen molar-refractivity contribution in [3.63, 3.8) is 0 Å². The molecule has 0 fully saturated rings. The first kappa shape index (κ1) is 17.2. The van der Waals surface area contributed by atoms with Crippen molar-refractivity contribution < 1.29 is 24.2 Å². The number of carboxylic acid groups (broad SMARTS) is 1. The van der Waals surface area contributed by atoms with E-state index in [4.69, 9.17) is 0 Å². The van der Waals surface area contributed by atoms with Gasteiger partial charge in [-0.3, -0.25) is 9.69 Å². The molecule has 0 spiro atoms. The number of amides is 1. The number of hydrogen-bond donors (Lipinski definition) is 2. The van der Waals surface area contributed by atoms with Crippen LogP contribution in [0.2, 0.25) is 0 Å². The summed E-state index contributed by atoms with van der Waals surface area (Å²) in [4.78, 5) is 25.8. The second kappa shape index (κ2) is 7.06. The van der Waals surface area contributed by atoms with Gasteiger partial charge in [-0.05, 0) is 54.6 Å². The maximum Gasteiger partial charge on any atom is 0.337 e. The number of phenolic OH excluding ortho intramolecular Hbond substituents is 1. The third-order valence-corrected chi connectivity index (χ3v) is 3.76. The Labute approximate surface area is 148 Å². The summed E-state index contributed by atoms with van der Waals surface area (Å²) >= 11 is 0. The summed E-state index contributed by atoms with van der Waals surface area (Å²) in [6.07, 6.45) is 0. The van der Waals surface area contributed by atoms with Crippen LogP contribution in [0.15, 0.2) is 72.8 Å². The molecule has 0 aromatic heterocycles. The van der Waals surface area contributed by atoms with E-state index in [0.717, 1.165) is 12.1 Å². The van der Waals surface area contributed by atoms with Crippen LogP contribution in [-0.2, 0) is 0 Å². The number of aromatic hydroxyl groups is 1. The highest BCUT2D eigenvalue weighted by Crippen LogP contribution is 2.32. The number of anilines is 2. The Hall–Kier alpha value is -3.67. The van der Waals surface area contributed by atoms with Crippen molar-refractivity contribution in [2.45, 2.75) is 0 Å². The van der Waals surface area contributed by atoms with Crippen LogP contribution in [0.5, 0.6) is 5.75 Å². The van der Waals surface area contributed by atoms with Gasteiger partial charge in [0.1, 0.15) is 11.6 Å². The number of rotatable bonds is 4. The highest BCUT2D eigenvalue weighted by molar-refractivity contribution is 6.13. The molecule has 1 amide bonds. The minimum atomic E-state index is -1.36. The summed E-state index contributed by atoms with van der Waals surface area (Å²) in [5, 5.41) is 18.9. The molecule has 0 aliphatic heterocycles. The molecule has 0 unspecified atom stereocenters. The van der Waals surface area contributed by atoms with E-state index in [-0.39, 0.29) is 17.0 Å². The molecule has 3 aromatic rings. The molecule has 0 aliphatic carbocycles. The van der Waals surface area contributed by atoms with Gasteiger partial charge in [0, 0.05) is 11.3 Å². The SMILES string of the molecule is O=C(O)c1cc(F)ccc1N(C(=O)c1ccccc1)c1ccc(O)cc1. The lowest BCUT2D eigenvalue weighted by Gasteiger charge is -2.24. The number of halogens is 1. The maximum atomic E-state index is 13.6. The van der Waals surface area contributed by atoms with Crippen molar-refractivity contribution in [2.24, 2.45) is 0 Å². The van der Waals surface area contributed by atoms with Gasteiger partial charge in [-0.25, -0.2) is 9.18 Å². The van der Waals surface area contributed by atoms with Crippen molar-refractivity contribution in [3.05, 3.63) is 89.7 Å². The van der Waals surface area contributed by atoms with Gasteiger partial charge in [-0.15, -0.1) is 0 Å². The smallest absolute Gasteiger partial charge is 0.337 e. The minimum absolute atomic E-state index is 0.00146. The second-order valence-corrected chi connectivity index (χ2v) is 5.49. The average Bonchev–Trinajstić information content (AvgIpc) is 2.65. The minimum Gasteiger partial charge on any atom is -0.508 e. The molecular weight excluding hydrogens is 337 g/mol. The lowest BCUT2D eigenvalue weighted by molar-refractivity contribution is 0.0697. The van der Waals surface area contributed by atoms with Gasteiger partial charge in [0.05, 0.1) is 11.3 Å². The topological polar surface area (TPSA) is 77.8 Å². The zero-order chi connectivity index (χ0) is 18.7. The number of nitrogens with zero attached hydrogens (tertiary/aromatic N) is 1. The third kappa shape index (κ3) is 3.39. The number of benzene rings is 3. The molecule has 0 heterocycles. The zero-order valence-corrected chi connectivity index (χ0v) is 13.5. The highest BCUT2D eigenvalue weighted by Gasteiger charge is 2.25. The number of hydrogen-bond acceptors (Lipinski definition) is 3. The average molecular weight is 351 g/mol. The van der Waals surface area contributed by atoms with Crippen LogP contribution < -0.4 is 4.90 Å². The van der Waals surface area contributed by atoms with Gasteiger partial charge in [0.2, 0.25) is 0 Å². The molecule has 5 nitrogen and oxygen atoms in total. The van der Waals surface area contributed by atoms with Crippen LogP contribution >= 0.6 is 0 Å². The van der Waals surface area contributed by atoms with E-state index in [0.29, 0.717) is 11.3 Å². The lowest BCUT2D eigenvalue weighted by Crippen LogP contribution is -2.27. The Morgan fingerprint density at radius 1 is 0.885 bits per heavy atom. The van der Waals surface area contributed by atoms with Crippen molar-refractivity contribution in [2.75, 3.05) is 4.90 Å². The number of carbonyl (C=O) groups excluding carboxylic acids is 1. The first-order chi connectivity index (χ1) is 12.5. The summed E-state index contributed by atoms with van der Waals surface area (Å²) in [7, 11) is 0. The van der Waals surface area contributed by atoms with Crippen molar-refractivity contribution >= 4 is 23.3 Å². The van der Waals surface area contributed by atoms with Gasteiger partial charge < -0.3 is 10.2 Å². The second-order valence-electron chi connectivity index (χ2n) is 5.49. The Balaban J connectivity index is 2.20. The fourth-order valence-electron chi connectivity index (χ4n) is 2.55. The normalized spacial score (nSPS) is 10.3. The van der Waals surface area contributed by atoms with Gasteiger partial charge >= 0.3 is 5.97 Å². The van der Waals surface area contributed by atoms with E-state index in [2.05, 4.69) is 0 Å². The van der Waals surface area contributed by atoms with E-state index >= 15 is 0 Å². The van der Waals surface area contributed by atoms with Gasteiger partial charge in [-0.2, -0.15) is 0 Å². The Bertz CT molecular complexity index is 955. The molecule has 3 aromatic carbocycles. The number of phenols is 1.